The van der Waals surface area contributed by atoms with Gasteiger partial charge in [-0.1, -0.05) is 41.4 Å². The standard InChI is InChI=1S/C25H17Br2Cl2NO4/c1-2-32-22-12-15(9-18(27)23(22)33-13-14-7-8-19(28)20(29)10-14)11-21-25(31)34-24(30-21)16-5-3-4-6-17(16)26/h3-12H,2,13H2,1H3/b21-11-. The predicted octanol–water partition coefficient (Wildman–Crippen LogP) is 7.84. The molecule has 9 heteroatoms. The lowest BCUT2D eigenvalue weighted by Crippen LogP contribution is -2.05. The lowest BCUT2D eigenvalue weighted by Gasteiger charge is -2.15. The lowest BCUT2D eigenvalue weighted by atomic mass is 10.1. The fraction of sp³-hybridized carbons (Fsp3) is 0.120. The maximum Gasteiger partial charge on any atom is 0.363 e. The predicted molar refractivity (Wildman–Crippen MR) is 141 cm³/mol. The highest BCUT2D eigenvalue weighted by Crippen LogP contribution is 2.38. The smallest absolute Gasteiger partial charge is 0.363 e. The number of carbonyl (C=O) groups excluding carboxylic acids is 1. The summed E-state index contributed by atoms with van der Waals surface area (Å²) in [5.74, 6) is 0.765. The van der Waals surface area contributed by atoms with Crippen molar-refractivity contribution in [3.05, 3.63) is 96.0 Å². The average Bonchev–Trinajstić information content (AvgIpc) is 3.16. The molecule has 1 aliphatic heterocycles. The van der Waals surface area contributed by atoms with Crippen LogP contribution >= 0.6 is 55.1 Å². The van der Waals surface area contributed by atoms with Crippen LogP contribution in [0.15, 0.2) is 74.2 Å². The van der Waals surface area contributed by atoms with Gasteiger partial charge in [-0.25, -0.2) is 9.79 Å². The molecule has 1 heterocycles. The Kier molecular flexibility index (Phi) is 7.99. The number of hydrogen-bond donors (Lipinski definition) is 0. The van der Waals surface area contributed by atoms with Crippen molar-refractivity contribution < 1.29 is 19.0 Å². The summed E-state index contributed by atoms with van der Waals surface area (Å²) >= 11 is 19.1. The van der Waals surface area contributed by atoms with E-state index in [-0.39, 0.29) is 18.2 Å². The second-order valence-electron chi connectivity index (χ2n) is 7.12. The van der Waals surface area contributed by atoms with Gasteiger partial charge in [0.05, 0.1) is 26.7 Å². The molecule has 0 saturated heterocycles. The van der Waals surface area contributed by atoms with Gasteiger partial charge in [0.2, 0.25) is 5.90 Å². The number of hydrogen-bond acceptors (Lipinski definition) is 5. The van der Waals surface area contributed by atoms with Crippen LogP contribution < -0.4 is 9.47 Å². The van der Waals surface area contributed by atoms with E-state index in [9.17, 15) is 4.79 Å². The molecule has 3 aromatic rings. The number of halogens is 4. The summed E-state index contributed by atoms with van der Waals surface area (Å²) in [6, 6.07) is 16.3. The van der Waals surface area contributed by atoms with Crippen LogP contribution in [0.5, 0.6) is 11.5 Å². The second kappa shape index (κ2) is 11.0. The first-order valence-corrected chi connectivity index (χ1v) is 12.5. The van der Waals surface area contributed by atoms with Crippen LogP contribution in [0.1, 0.15) is 23.6 Å². The Hall–Kier alpha value is -2.32. The monoisotopic (exact) mass is 623 g/mol. The van der Waals surface area contributed by atoms with E-state index in [1.54, 1.807) is 24.3 Å². The third-order valence-corrected chi connectivity index (χ3v) is 6.75. The first-order valence-electron chi connectivity index (χ1n) is 10.2. The van der Waals surface area contributed by atoms with Crippen LogP contribution in [-0.2, 0) is 16.1 Å². The van der Waals surface area contributed by atoms with Gasteiger partial charge >= 0.3 is 5.97 Å². The number of rotatable bonds is 7. The zero-order valence-electron chi connectivity index (χ0n) is 17.8. The molecule has 5 nitrogen and oxygen atoms in total. The highest BCUT2D eigenvalue weighted by atomic mass is 79.9. The number of nitrogens with zero attached hydrogens (tertiary/aromatic N) is 1. The summed E-state index contributed by atoms with van der Waals surface area (Å²) in [7, 11) is 0. The third kappa shape index (κ3) is 5.66. The van der Waals surface area contributed by atoms with Crippen molar-refractivity contribution in [3.8, 4) is 11.5 Å². The van der Waals surface area contributed by atoms with Crippen molar-refractivity contribution in [1.82, 2.24) is 0 Å². The quantitative estimate of drug-likeness (QED) is 0.198. The molecule has 0 saturated carbocycles. The topological polar surface area (TPSA) is 57.1 Å². The highest BCUT2D eigenvalue weighted by molar-refractivity contribution is 9.10. The Morgan fingerprint density at radius 3 is 2.53 bits per heavy atom. The molecule has 0 spiro atoms. The summed E-state index contributed by atoms with van der Waals surface area (Å²) in [6.07, 6.45) is 1.64. The summed E-state index contributed by atoms with van der Waals surface area (Å²) in [5, 5.41) is 0.939. The van der Waals surface area contributed by atoms with Crippen LogP contribution in [0.25, 0.3) is 6.08 Å². The minimum Gasteiger partial charge on any atom is -0.490 e. The zero-order valence-corrected chi connectivity index (χ0v) is 22.5. The van der Waals surface area contributed by atoms with Crippen molar-refractivity contribution in [2.24, 2.45) is 4.99 Å². The highest BCUT2D eigenvalue weighted by Gasteiger charge is 2.25. The molecule has 0 bridgehead atoms. The number of aliphatic imine (C=N–C) groups is 1. The van der Waals surface area contributed by atoms with Crippen molar-refractivity contribution in [2.45, 2.75) is 13.5 Å². The van der Waals surface area contributed by atoms with E-state index >= 15 is 0 Å². The maximum atomic E-state index is 12.4. The van der Waals surface area contributed by atoms with Gasteiger partial charge in [0.15, 0.2) is 17.2 Å². The van der Waals surface area contributed by atoms with Crippen LogP contribution in [0.3, 0.4) is 0 Å². The number of ether oxygens (including phenoxy) is 3. The molecule has 0 amide bonds. The van der Waals surface area contributed by atoms with E-state index in [0.717, 1.165) is 10.0 Å². The fourth-order valence-corrected chi connectivity index (χ4v) is 4.53. The van der Waals surface area contributed by atoms with Crippen molar-refractivity contribution in [1.29, 1.82) is 0 Å². The van der Waals surface area contributed by atoms with Gasteiger partial charge in [-0.05, 0) is 92.4 Å². The molecule has 0 aliphatic carbocycles. The molecule has 0 aromatic heterocycles. The normalized spacial score (nSPS) is 14.2. The summed E-state index contributed by atoms with van der Waals surface area (Å²) < 4.78 is 18.6. The molecule has 4 rings (SSSR count). The number of carbonyl (C=O) groups is 1. The molecule has 0 unspecified atom stereocenters. The van der Waals surface area contributed by atoms with Gasteiger partial charge in [0.25, 0.3) is 0 Å². The van der Waals surface area contributed by atoms with Crippen molar-refractivity contribution in [3.63, 3.8) is 0 Å². The lowest BCUT2D eigenvalue weighted by molar-refractivity contribution is -0.129. The number of esters is 1. The van der Waals surface area contributed by atoms with Crippen LogP contribution in [0.4, 0.5) is 0 Å². The minimum atomic E-state index is -0.528. The maximum absolute atomic E-state index is 12.4. The van der Waals surface area contributed by atoms with Crippen molar-refractivity contribution >= 4 is 73.0 Å². The average molecular weight is 626 g/mol. The van der Waals surface area contributed by atoms with Gasteiger partial charge in [-0.3, -0.25) is 0 Å². The fourth-order valence-electron chi connectivity index (χ4n) is 3.18. The van der Waals surface area contributed by atoms with Gasteiger partial charge in [0, 0.05) is 4.47 Å². The number of cyclic esters (lactones) is 1. The molecule has 34 heavy (non-hydrogen) atoms. The Labute approximate surface area is 223 Å². The van der Waals surface area contributed by atoms with E-state index in [1.165, 1.54) is 0 Å². The largest absolute Gasteiger partial charge is 0.490 e. The van der Waals surface area contributed by atoms with Crippen LogP contribution in [0, 0.1) is 0 Å². The molecule has 1 aliphatic rings. The molecule has 0 radical (unpaired) electrons. The summed E-state index contributed by atoms with van der Waals surface area (Å²) in [5.41, 5.74) is 2.44. The Balaban J connectivity index is 1.62. The third-order valence-electron chi connectivity index (χ3n) is 4.73. The summed E-state index contributed by atoms with van der Waals surface area (Å²) in [6.45, 7) is 2.58. The molecule has 0 atom stereocenters. The van der Waals surface area contributed by atoms with E-state index in [2.05, 4.69) is 36.9 Å². The second-order valence-corrected chi connectivity index (χ2v) is 9.64. The number of benzene rings is 3. The van der Waals surface area contributed by atoms with Gasteiger partial charge in [-0.2, -0.15) is 0 Å². The van der Waals surface area contributed by atoms with Crippen LogP contribution in [0.2, 0.25) is 10.0 Å². The molecule has 0 N–H and O–H groups in total. The first kappa shape index (κ1) is 24.8. The molecular formula is C25H17Br2Cl2NO4. The van der Waals surface area contributed by atoms with Crippen LogP contribution in [-0.4, -0.2) is 18.5 Å². The van der Waals surface area contributed by atoms with Crippen molar-refractivity contribution in [2.75, 3.05) is 6.61 Å². The Bertz CT molecular complexity index is 1320. The van der Waals surface area contributed by atoms with Gasteiger partial charge in [-0.15, -0.1) is 0 Å². The summed E-state index contributed by atoms with van der Waals surface area (Å²) in [4.78, 5) is 16.8. The van der Waals surface area contributed by atoms with E-state index in [0.29, 0.717) is 43.8 Å². The van der Waals surface area contributed by atoms with E-state index < -0.39 is 5.97 Å². The van der Waals surface area contributed by atoms with E-state index in [1.807, 2.05) is 43.3 Å². The Morgan fingerprint density at radius 1 is 1.00 bits per heavy atom. The SMILES string of the molecule is CCOc1cc(/C=C2\N=C(c3ccccc3Br)OC2=O)cc(Br)c1OCc1ccc(Cl)c(Cl)c1. The van der Waals surface area contributed by atoms with Gasteiger partial charge in [0.1, 0.15) is 6.61 Å². The van der Waals surface area contributed by atoms with E-state index in [4.69, 9.17) is 37.4 Å². The first-order chi connectivity index (χ1) is 16.4. The molecule has 3 aromatic carbocycles. The Morgan fingerprint density at radius 2 is 1.79 bits per heavy atom. The molecule has 174 valence electrons. The van der Waals surface area contributed by atoms with Gasteiger partial charge < -0.3 is 14.2 Å². The zero-order chi connectivity index (χ0) is 24.2. The molecule has 0 fully saturated rings. The molecular weight excluding hydrogens is 609 g/mol. The minimum absolute atomic E-state index is 0.185.